The van der Waals surface area contributed by atoms with E-state index < -0.39 is 0 Å². The molecule has 0 aromatic carbocycles. The second kappa shape index (κ2) is 62.8. The van der Waals surface area contributed by atoms with Crippen molar-refractivity contribution in [2.24, 2.45) is 0 Å². The van der Waals surface area contributed by atoms with E-state index in [9.17, 15) is 14.4 Å². The zero-order valence-electron chi connectivity index (χ0n) is 52.6. The molecule has 0 radical (unpaired) electrons. The monoisotopic (exact) mass is 1080 g/mol. The average molecular weight is 1080 g/mol. The van der Waals surface area contributed by atoms with Gasteiger partial charge in [-0.1, -0.05) is 231 Å². The van der Waals surface area contributed by atoms with E-state index in [2.05, 4.69) is 84.2 Å². The first kappa shape index (κ1) is 74.6. The van der Waals surface area contributed by atoms with Crippen LogP contribution in [-0.4, -0.2) is 85.3 Å². The number of hydrogen-bond acceptors (Lipinski definition) is 4. The molecule has 0 rings (SSSR count). The first-order valence-electron chi connectivity index (χ1n) is 34.4. The molecule has 0 aliphatic heterocycles. The van der Waals surface area contributed by atoms with E-state index in [1.807, 2.05) is 7.05 Å². The van der Waals surface area contributed by atoms with Gasteiger partial charge in [-0.15, -0.1) is 0 Å². The molecule has 1 N–H and O–H groups in total. The summed E-state index contributed by atoms with van der Waals surface area (Å²) in [6, 6.07) is 0. The number of rotatable bonds is 62. The summed E-state index contributed by atoms with van der Waals surface area (Å²) < 4.78 is 0. The fourth-order valence-electron chi connectivity index (χ4n) is 10.7. The predicted molar refractivity (Wildman–Crippen MR) is 340 cm³/mol. The number of unbranched alkanes of at least 4 members (excludes halogenated alkanes) is 36. The van der Waals surface area contributed by atoms with Crippen LogP contribution in [0.5, 0.6) is 0 Å². The highest BCUT2D eigenvalue weighted by Gasteiger charge is 2.18. The normalized spacial score (nSPS) is 11.8. The minimum Gasteiger partial charge on any atom is -0.343 e. The van der Waals surface area contributed by atoms with E-state index in [1.54, 1.807) is 0 Å². The van der Waals surface area contributed by atoms with E-state index >= 15 is 0 Å². The number of allylic oxidation sites excluding steroid dienone is 6. The van der Waals surface area contributed by atoms with E-state index in [-0.39, 0.29) is 5.91 Å². The minimum absolute atomic E-state index is 0.269. The lowest BCUT2D eigenvalue weighted by Crippen LogP contribution is -2.38. The average Bonchev–Trinajstić information content (AvgIpc) is 3.43. The van der Waals surface area contributed by atoms with Crippen LogP contribution in [0.25, 0.3) is 0 Å². The summed E-state index contributed by atoms with van der Waals surface area (Å²) in [5, 5.41) is 3.27. The van der Waals surface area contributed by atoms with Crippen molar-refractivity contribution in [3.05, 3.63) is 36.5 Å². The van der Waals surface area contributed by atoms with Crippen LogP contribution in [0.2, 0.25) is 0 Å². The summed E-state index contributed by atoms with van der Waals surface area (Å²) in [6.07, 6.45) is 72.3. The molecule has 7 heteroatoms. The van der Waals surface area contributed by atoms with Gasteiger partial charge >= 0.3 is 0 Å². The number of nitrogens with one attached hydrogen (secondary N) is 1. The van der Waals surface area contributed by atoms with Gasteiger partial charge in [-0.3, -0.25) is 14.4 Å². The van der Waals surface area contributed by atoms with Gasteiger partial charge in [0, 0.05) is 58.5 Å². The van der Waals surface area contributed by atoms with Gasteiger partial charge < -0.3 is 20.0 Å². The van der Waals surface area contributed by atoms with E-state index in [4.69, 9.17) is 0 Å². The van der Waals surface area contributed by atoms with Crippen molar-refractivity contribution < 1.29 is 14.4 Å². The van der Waals surface area contributed by atoms with Crippen LogP contribution in [-0.2, 0) is 14.4 Å². The molecule has 0 aliphatic carbocycles. The Bertz CT molecular complexity index is 1330. The number of carbonyl (C=O) groups is 3. The molecular weight excluding hydrogens is 945 g/mol. The second-order valence-corrected chi connectivity index (χ2v) is 23.4. The third kappa shape index (κ3) is 54.0. The van der Waals surface area contributed by atoms with Crippen molar-refractivity contribution in [1.82, 2.24) is 20.0 Å². The third-order valence-corrected chi connectivity index (χ3v) is 15.9. The fourth-order valence-corrected chi connectivity index (χ4v) is 10.7. The maximum Gasteiger partial charge on any atom is 0.222 e. The fraction of sp³-hybridized carbons (Fsp3) is 0.871. The van der Waals surface area contributed by atoms with Crippen molar-refractivity contribution in [2.45, 2.75) is 342 Å². The standard InChI is InChI=1S/C70H134N4O3/c1-6-10-14-17-20-23-26-29-32-35-38-41-44-47-50-58-68(75)72(65-56-61-71-5)63-54-55-64-74(70(77)60-52-49-46-43-40-37-34-31-28-25-22-19-16-12-8-3)67-57-66-73(62-53-13-9-4)69(76)59-51-48-45-42-39-36-33-30-27-24-21-18-15-11-7-2/h29-34,71H,6-28,35-67H2,1-5H3/b32-29-,33-30-,34-31-. The molecule has 0 aromatic heterocycles. The Balaban J connectivity index is 5.15. The van der Waals surface area contributed by atoms with Gasteiger partial charge in [0.2, 0.25) is 17.7 Å². The van der Waals surface area contributed by atoms with Gasteiger partial charge in [0.05, 0.1) is 0 Å². The second-order valence-electron chi connectivity index (χ2n) is 23.4. The smallest absolute Gasteiger partial charge is 0.222 e. The van der Waals surface area contributed by atoms with Crippen LogP contribution < -0.4 is 5.32 Å². The first-order chi connectivity index (χ1) is 37.9. The first-order valence-corrected chi connectivity index (χ1v) is 34.4. The van der Waals surface area contributed by atoms with Gasteiger partial charge in [0.15, 0.2) is 0 Å². The summed E-state index contributed by atoms with van der Waals surface area (Å²) in [6.45, 7) is 14.5. The van der Waals surface area contributed by atoms with E-state index in [0.717, 1.165) is 123 Å². The molecule has 0 aliphatic rings. The minimum atomic E-state index is 0.269. The molecule has 0 spiro atoms. The molecule has 0 saturated heterocycles. The number of hydrogen-bond donors (Lipinski definition) is 1. The molecule has 3 amide bonds. The SMILES string of the molecule is CCCCCCCC/C=C\CCCCCCCC(=O)N(CCCCN(CCCN(CCCCC)C(=O)CCCCCCC/C=C\CCCCCCCC)C(=O)CCCCCCC/C=C\CCCCCCCC)CCCNC. The summed E-state index contributed by atoms with van der Waals surface area (Å²) in [5.74, 6) is 0.867. The lowest BCUT2D eigenvalue weighted by molar-refractivity contribution is -0.133. The molecule has 0 atom stereocenters. The molecule has 0 fully saturated rings. The third-order valence-electron chi connectivity index (χ3n) is 15.9. The van der Waals surface area contributed by atoms with E-state index in [1.165, 1.54) is 212 Å². The van der Waals surface area contributed by atoms with E-state index in [0.29, 0.717) is 37.6 Å². The van der Waals surface area contributed by atoms with Gasteiger partial charge in [-0.25, -0.2) is 0 Å². The van der Waals surface area contributed by atoms with Crippen LogP contribution in [0.1, 0.15) is 342 Å². The van der Waals surface area contributed by atoms with Crippen molar-refractivity contribution >= 4 is 17.7 Å². The Labute approximate surface area is 481 Å². The van der Waals surface area contributed by atoms with Crippen LogP contribution >= 0.6 is 0 Å². The Morgan fingerprint density at radius 1 is 0.260 bits per heavy atom. The zero-order valence-corrected chi connectivity index (χ0v) is 52.6. The van der Waals surface area contributed by atoms with Crippen molar-refractivity contribution in [3.63, 3.8) is 0 Å². The molecule has 0 saturated carbocycles. The van der Waals surface area contributed by atoms with Gasteiger partial charge in [0.25, 0.3) is 0 Å². The van der Waals surface area contributed by atoms with Crippen LogP contribution in [0.3, 0.4) is 0 Å². The number of carbonyl (C=O) groups excluding carboxylic acids is 3. The quantitative estimate of drug-likeness (QED) is 0.0487. The van der Waals surface area contributed by atoms with Gasteiger partial charge in [-0.2, -0.15) is 0 Å². The summed E-state index contributed by atoms with van der Waals surface area (Å²) in [7, 11) is 1.99. The lowest BCUT2D eigenvalue weighted by Gasteiger charge is -2.27. The molecule has 77 heavy (non-hydrogen) atoms. The molecule has 0 bridgehead atoms. The maximum absolute atomic E-state index is 14.0. The summed E-state index contributed by atoms with van der Waals surface area (Å²) in [5.41, 5.74) is 0. The summed E-state index contributed by atoms with van der Waals surface area (Å²) in [4.78, 5) is 47.6. The van der Waals surface area contributed by atoms with Gasteiger partial charge in [-0.05, 0) is 142 Å². The van der Waals surface area contributed by atoms with Crippen LogP contribution in [0.4, 0.5) is 0 Å². The Morgan fingerprint density at radius 2 is 0.468 bits per heavy atom. The largest absolute Gasteiger partial charge is 0.343 e. The highest BCUT2D eigenvalue weighted by molar-refractivity contribution is 5.77. The molecule has 0 heterocycles. The molecule has 0 aromatic rings. The topological polar surface area (TPSA) is 73.0 Å². The highest BCUT2D eigenvalue weighted by atomic mass is 16.2. The molecule has 452 valence electrons. The molecular formula is C70H134N4O3. The zero-order chi connectivity index (χ0) is 56.0. The van der Waals surface area contributed by atoms with Crippen molar-refractivity contribution in [2.75, 3.05) is 52.9 Å². The van der Waals surface area contributed by atoms with Crippen molar-refractivity contribution in [3.8, 4) is 0 Å². The highest BCUT2D eigenvalue weighted by Crippen LogP contribution is 2.16. The Morgan fingerprint density at radius 3 is 0.740 bits per heavy atom. The Hall–Kier alpha value is -2.41. The number of nitrogens with zero attached hydrogens (tertiary/aromatic N) is 3. The molecule has 7 nitrogen and oxygen atoms in total. The van der Waals surface area contributed by atoms with Crippen molar-refractivity contribution in [1.29, 1.82) is 0 Å². The van der Waals surface area contributed by atoms with Crippen LogP contribution in [0, 0.1) is 0 Å². The Kier molecular flexibility index (Phi) is 60.8. The van der Waals surface area contributed by atoms with Crippen LogP contribution in [0.15, 0.2) is 36.5 Å². The molecule has 0 unspecified atom stereocenters. The van der Waals surface area contributed by atoms with Gasteiger partial charge in [0.1, 0.15) is 0 Å². The maximum atomic E-state index is 14.0. The number of amides is 3. The predicted octanol–water partition coefficient (Wildman–Crippen LogP) is 20.6. The lowest BCUT2D eigenvalue weighted by atomic mass is 10.1. The summed E-state index contributed by atoms with van der Waals surface area (Å²) >= 11 is 0.